The van der Waals surface area contributed by atoms with Gasteiger partial charge in [-0.1, -0.05) is 18.2 Å². The second-order valence-electron chi connectivity index (χ2n) is 3.42. The first-order valence-corrected chi connectivity index (χ1v) is 5.21. The number of hydrogen-bond donors (Lipinski definition) is 3. The predicted molar refractivity (Wildman–Crippen MR) is 69.0 cm³/mol. The number of carbonyl (C=O) groups is 2. The molecule has 0 aliphatic heterocycles. The maximum absolute atomic E-state index is 10.8. The van der Waals surface area contributed by atoms with Crippen LogP contribution < -0.4 is 5.56 Å². The molecule has 0 amide bonds. The number of nitrogens with one attached hydrogen (secondary N) is 1. The summed E-state index contributed by atoms with van der Waals surface area (Å²) in [7, 11) is 0. The third-order valence-corrected chi connectivity index (χ3v) is 2.00. The van der Waals surface area contributed by atoms with Crippen LogP contribution in [0.2, 0.25) is 0 Å². The standard InChI is InChI=1S/C9H7NO.C4H4O4/c11-9-6-5-7-3-1-2-4-8(7)10-9;5-3(6)1-2-4(7)8/h1-6H,(H,10,11);1-2H,(H,5,6)(H,7,8)/b;2-1-. The first-order valence-electron chi connectivity index (χ1n) is 5.21. The van der Waals surface area contributed by atoms with Gasteiger partial charge in [0.2, 0.25) is 5.56 Å². The van der Waals surface area contributed by atoms with E-state index in [9.17, 15) is 14.4 Å². The Morgan fingerprint density at radius 3 is 2.11 bits per heavy atom. The van der Waals surface area contributed by atoms with Crippen LogP contribution in [0.5, 0.6) is 0 Å². The molecule has 1 aromatic carbocycles. The molecule has 0 fully saturated rings. The van der Waals surface area contributed by atoms with Gasteiger partial charge in [0, 0.05) is 23.7 Å². The monoisotopic (exact) mass is 261 g/mol. The molecule has 2 aromatic rings. The Hall–Kier alpha value is -2.89. The largest absolute Gasteiger partial charge is 0.478 e. The molecule has 0 saturated carbocycles. The van der Waals surface area contributed by atoms with Gasteiger partial charge in [-0.3, -0.25) is 4.79 Å². The molecule has 0 unspecified atom stereocenters. The molecule has 6 nitrogen and oxygen atoms in total. The highest BCUT2D eigenvalue weighted by atomic mass is 16.4. The minimum atomic E-state index is -1.26. The summed E-state index contributed by atoms with van der Waals surface area (Å²) in [6.07, 6.45) is 1.12. The molecule has 0 atom stereocenters. The number of hydrogen-bond acceptors (Lipinski definition) is 3. The summed E-state index contributed by atoms with van der Waals surface area (Å²) < 4.78 is 0. The minimum absolute atomic E-state index is 0.0521. The van der Waals surface area contributed by atoms with Crippen molar-refractivity contribution in [2.24, 2.45) is 0 Å². The van der Waals surface area contributed by atoms with Crippen LogP contribution in [0.15, 0.2) is 53.3 Å². The molecule has 6 heteroatoms. The van der Waals surface area contributed by atoms with E-state index in [2.05, 4.69) is 4.98 Å². The van der Waals surface area contributed by atoms with Crippen molar-refractivity contribution >= 4 is 22.8 Å². The Morgan fingerprint density at radius 1 is 0.947 bits per heavy atom. The molecule has 0 spiro atoms. The van der Waals surface area contributed by atoms with Crippen LogP contribution in [0.1, 0.15) is 0 Å². The quantitative estimate of drug-likeness (QED) is 0.705. The SMILES string of the molecule is O=C(O)/C=C\C(=O)O.O=c1ccc2ccccc2[nH]1. The summed E-state index contributed by atoms with van der Waals surface area (Å²) in [5, 5.41) is 16.7. The molecule has 0 bridgehead atoms. The fourth-order valence-electron chi connectivity index (χ4n) is 1.24. The van der Waals surface area contributed by atoms with E-state index < -0.39 is 11.9 Å². The van der Waals surface area contributed by atoms with Crippen molar-refractivity contribution in [1.82, 2.24) is 4.98 Å². The van der Waals surface area contributed by atoms with Crippen molar-refractivity contribution in [1.29, 1.82) is 0 Å². The molecule has 1 heterocycles. The maximum atomic E-state index is 10.8. The van der Waals surface area contributed by atoms with E-state index in [0.29, 0.717) is 12.2 Å². The van der Waals surface area contributed by atoms with Crippen LogP contribution in [-0.4, -0.2) is 27.1 Å². The molecule has 0 aliphatic rings. The zero-order valence-corrected chi connectivity index (χ0v) is 9.74. The molecular weight excluding hydrogens is 250 g/mol. The summed E-state index contributed by atoms with van der Waals surface area (Å²) in [4.78, 5) is 32.7. The number of aromatic nitrogens is 1. The summed E-state index contributed by atoms with van der Waals surface area (Å²) in [6, 6.07) is 11.0. The van der Waals surface area contributed by atoms with Crippen LogP contribution in [-0.2, 0) is 9.59 Å². The minimum Gasteiger partial charge on any atom is -0.478 e. The van der Waals surface area contributed by atoms with E-state index in [1.54, 1.807) is 0 Å². The Morgan fingerprint density at radius 2 is 1.53 bits per heavy atom. The fourth-order valence-corrected chi connectivity index (χ4v) is 1.24. The second-order valence-corrected chi connectivity index (χ2v) is 3.42. The Kier molecular flexibility index (Phi) is 5.04. The molecular formula is C13H11NO5. The number of aromatic amines is 1. The number of pyridine rings is 1. The molecule has 0 saturated heterocycles. The van der Waals surface area contributed by atoms with E-state index in [-0.39, 0.29) is 5.56 Å². The first kappa shape index (κ1) is 14.2. The lowest BCUT2D eigenvalue weighted by molar-refractivity contribution is -0.134. The van der Waals surface area contributed by atoms with Crippen molar-refractivity contribution in [3.63, 3.8) is 0 Å². The molecule has 3 N–H and O–H groups in total. The predicted octanol–water partition coefficient (Wildman–Crippen LogP) is 1.24. The lowest BCUT2D eigenvalue weighted by Gasteiger charge is -1.93. The summed E-state index contributed by atoms with van der Waals surface area (Å²) in [6.45, 7) is 0. The summed E-state index contributed by atoms with van der Waals surface area (Å²) in [5.74, 6) is -2.51. The molecule has 2 rings (SSSR count). The highest BCUT2D eigenvalue weighted by Gasteiger charge is 1.89. The number of carboxylic acids is 2. The fraction of sp³-hybridized carbons (Fsp3) is 0. The van der Waals surface area contributed by atoms with Crippen LogP contribution >= 0.6 is 0 Å². The second kappa shape index (κ2) is 6.75. The maximum Gasteiger partial charge on any atom is 0.328 e. The zero-order valence-electron chi connectivity index (χ0n) is 9.74. The van der Waals surface area contributed by atoms with Crippen molar-refractivity contribution in [3.05, 3.63) is 58.9 Å². The Labute approximate surface area is 107 Å². The van der Waals surface area contributed by atoms with Crippen molar-refractivity contribution in [3.8, 4) is 0 Å². The van der Waals surface area contributed by atoms with Gasteiger partial charge in [-0.2, -0.15) is 0 Å². The average Bonchev–Trinajstić information content (AvgIpc) is 2.37. The van der Waals surface area contributed by atoms with Crippen LogP contribution in [0.25, 0.3) is 10.9 Å². The molecule has 1 aromatic heterocycles. The van der Waals surface area contributed by atoms with Gasteiger partial charge in [-0.15, -0.1) is 0 Å². The molecule has 19 heavy (non-hydrogen) atoms. The van der Waals surface area contributed by atoms with Gasteiger partial charge in [-0.05, 0) is 17.5 Å². The average molecular weight is 261 g/mol. The number of rotatable bonds is 2. The lowest BCUT2D eigenvalue weighted by atomic mass is 10.2. The third kappa shape index (κ3) is 5.31. The van der Waals surface area contributed by atoms with Crippen molar-refractivity contribution in [2.45, 2.75) is 0 Å². The number of fused-ring (bicyclic) bond motifs is 1. The van der Waals surface area contributed by atoms with Crippen LogP contribution in [0.3, 0.4) is 0 Å². The Bertz CT molecular complexity index is 656. The van der Waals surface area contributed by atoms with Gasteiger partial charge in [0.1, 0.15) is 0 Å². The van der Waals surface area contributed by atoms with Crippen molar-refractivity contribution < 1.29 is 19.8 Å². The zero-order chi connectivity index (χ0) is 14.3. The smallest absolute Gasteiger partial charge is 0.328 e. The summed E-state index contributed by atoms with van der Waals surface area (Å²) in [5.41, 5.74) is 0.837. The number of para-hydroxylation sites is 1. The topological polar surface area (TPSA) is 107 Å². The first-order chi connectivity index (χ1) is 8.99. The van der Waals surface area contributed by atoms with E-state index in [0.717, 1.165) is 10.9 Å². The molecule has 0 aliphatic carbocycles. The number of aliphatic carboxylic acids is 2. The lowest BCUT2D eigenvalue weighted by Crippen LogP contribution is -2.01. The van der Waals surface area contributed by atoms with Gasteiger partial charge in [0.05, 0.1) is 0 Å². The van der Waals surface area contributed by atoms with Gasteiger partial charge in [-0.25, -0.2) is 9.59 Å². The Balaban J connectivity index is 0.000000203. The van der Waals surface area contributed by atoms with E-state index in [4.69, 9.17) is 10.2 Å². The van der Waals surface area contributed by atoms with Crippen LogP contribution in [0.4, 0.5) is 0 Å². The van der Waals surface area contributed by atoms with E-state index in [1.807, 2.05) is 30.3 Å². The highest BCUT2D eigenvalue weighted by molar-refractivity contribution is 5.89. The molecule has 0 radical (unpaired) electrons. The normalized spacial score (nSPS) is 9.89. The molecule has 98 valence electrons. The number of carboxylic acid groups (broad SMARTS) is 2. The van der Waals surface area contributed by atoms with Gasteiger partial charge >= 0.3 is 11.9 Å². The number of benzene rings is 1. The van der Waals surface area contributed by atoms with E-state index >= 15 is 0 Å². The highest BCUT2D eigenvalue weighted by Crippen LogP contribution is 2.06. The van der Waals surface area contributed by atoms with E-state index in [1.165, 1.54) is 6.07 Å². The van der Waals surface area contributed by atoms with Crippen LogP contribution in [0, 0.1) is 0 Å². The van der Waals surface area contributed by atoms with Gasteiger partial charge in [0.15, 0.2) is 0 Å². The number of H-pyrrole nitrogens is 1. The third-order valence-electron chi connectivity index (χ3n) is 2.00. The van der Waals surface area contributed by atoms with Gasteiger partial charge < -0.3 is 15.2 Å². The summed E-state index contributed by atoms with van der Waals surface area (Å²) >= 11 is 0. The van der Waals surface area contributed by atoms with Crippen molar-refractivity contribution in [2.75, 3.05) is 0 Å². The van der Waals surface area contributed by atoms with Gasteiger partial charge in [0.25, 0.3) is 0 Å².